The van der Waals surface area contributed by atoms with Gasteiger partial charge in [-0.05, 0) is 13.0 Å². The summed E-state index contributed by atoms with van der Waals surface area (Å²) in [6.07, 6.45) is -3.72. The van der Waals surface area contributed by atoms with Gasteiger partial charge in [-0.2, -0.15) is 13.2 Å². The Morgan fingerprint density at radius 2 is 1.81 bits per heavy atom. The Bertz CT molecular complexity index is 1090. The largest absolute Gasteiger partial charge is 0.417 e. The molecule has 0 unspecified atom stereocenters. The fourth-order valence-electron chi connectivity index (χ4n) is 3.30. The molecule has 1 aromatic carbocycles. The fraction of sp³-hybridized carbons (Fsp3) is 0.286. The zero-order valence-corrected chi connectivity index (χ0v) is 18.1. The molecular formula is C21H18ClF3N4OS. The van der Waals surface area contributed by atoms with E-state index in [1.165, 1.54) is 11.3 Å². The van der Waals surface area contributed by atoms with Gasteiger partial charge >= 0.3 is 6.18 Å². The minimum absolute atomic E-state index is 0.0585. The monoisotopic (exact) mass is 466 g/mol. The topological polar surface area (TPSA) is 49.3 Å². The maximum Gasteiger partial charge on any atom is 0.417 e. The molecule has 31 heavy (non-hydrogen) atoms. The summed E-state index contributed by atoms with van der Waals surface area (Å²) in [5.74, 6) is 0.123. The van der Waals surface area contributed by atoms with E-state index in [0.717, 1.165) is 28.4 Å². The van der Waals surface area contributed by atoms with E-state index < -0.39 is 11.7 Å². The van der Waals surface area contributed by atoms with E-state index in [2.05, 4.69) is 9.97 Å². The van der Waals surface area contributed by atoms with Crippen LogP contribution < -0.4 is 4.90 Å². The van der Waals surface area contributed by atoms with Crippen molar-refractivity contribution in [3.05, 3.63) is 63.8 Å². The van der Waals surface area contributed by atoms with E-state index in [1.807, 2.05) is 31.2 Å². The second kappa shape index (κ2) is 8.47. The van der Waals surface area contributed by atoms with Crippen LogP contribution in [-0.2, 0) is 6.18 Å². The molecule has 1 fully saturated rings. The van der Waals surface area contributed by atoms with Crippen molar-refractivity contribution in [3.8, 4) is 10.6 Å². The molecular weight excluding hydrogens is 449 g/mol. The molecule has 0 atom stereocenters. The van der Waals surface area contributed by atoms with Crippen molar-refractivity contribution in [2.45, 2.75) is 13.1 Å². The number of hydrogen-bond acceptors (Lipinski definition) is 5. The molecule has 1 saturated heterocycles. The number of thiazole rings is 1. The van der Waals surface area contributed by atoms with Crippen LogP contribution in [-0.4, -0.2) is 47.0 Å². The molecule has 0 N–H and O–H groups in total. The van der Waals surface area contributed by atoms with Gasteiger partial charge in [-0.1, -0.05) is 41.4 Å². The van der Waals surface area contributed by atoms with Gasteiger partial charge in [0.05, 0.1) is 10.6 Å². The van der Waals surface area contributed by atoms with Crippen molar-refractivity contribution in [1.82, 2.24) is 14.9 Å². The van der Waals surface area contributed by atoms with Crippen molar-refractivity contribution in [2.75, 3.05) is 31.1 Å². The molecule has 1 aliphatic heterocycles. The second-order valence-corrected chi connectivity index (χ2v) is 8.48. The zero-order valence-electron chi connectivity index (χ0n) is 16.5. The summed E-state index contributed by atoms with van der Waals surface area (Å²) in [5.41, 5.74) is 1.61. The number of carbonyl (C=O) groups excluding carboxylic acids is 1. The lowest BCUT2D eigenvalue weighted by molar-refractivity contribution is -0.137. The number of anilines is 1. The first kappa shape index (κ1) is 21.6. The third kappa shape index (κ3) is 4.67. The second-order valence-electron chi connectivity index (χ2n) is 7.21. The summed E-state index contributed by atoms with van der Waals surface area (Å²) in [6, 6.07) is 8.82. The Kier molecular flexibility index (Phi) is 5.90. The molecule has 4 rings (SSSR count). The third-order valence-corrected chi connectivity index (χ3v) is 6.21. The maximum absolute atomic E-state index is 12.8. The molecule has 0 bridgehead atoms. The van der Waals surface area contributed by atoms with Crippen LogP contribution in [0.1, 0.15) is 21.6 Å². The summed E-state index contributed by atoms with van der Waals surface area (Å²) < 4.78 is 38.4. The first-order valence-electron chi connectivity index (χ1n) is 9.52. The number of benzene rings is 1. The van der Waals surface area contributed by atoms with E-state index >= 15 is 0 Å². The van der Waals surface area contributed by atoms with Gasteiger partial charge in [0.2, 0.25) is 0 Å². The van der Waals surface area contributed by atoms with Gasteiger partial charge in [0, 0.05) is 43.3 Å². The normalized spacial score (nSPS) is 14.7. The standard InChI is InChI=1S/C21H18ClF3N4OS/c1-13-2-4-14(5-3-13)19-27-17(12-31-19)20(30)29-8-6-28(7-9-29)18-16(22)10-15(11-26-18)21(23,24)25/h2-5,10-12H,6-9H2,1H3. The molecule has 3 heterocycles. The summed E-state index contributed by atoms with van der Waals surface area (Å²) >= 11 is 7.46. The van der Waals surface area contributed by atoms with Crippen LogP contribution in [0.25, 0.3) is 10.6 Å². The van der Waals surface area contributed by atoms with E-state index in [9.17, 15) is 18.0 Å². The molecule has 3 aromatic rings. The van der Waals surface area contributed by atoms with Gasteiger partial charge in [0.15, 0.2) is 0 Å². The summed E-state index contributed by atoms with van der Waals surface area (Å²) in [5, 5.41) is 2.47. The minimum Gasteiger partial charge on any atom is -0.352 e. The highest BCUT2D eigenvalue weighted by Crippen LogP contribution is 2.34. The van der Waals surface area contributed by atoms with Crippen LogP contribution in [0.5, 0.6) is 0 Å². The molecule has 0 radical (unpaired) electrons. The maximum atomic E-state index is 12.8. The van der Waals surface area contributed by atoms with Gasteiger partial charge in [-0.15, -0.1) is 11.3 Å². The number of pyridine rings is 1. The predicted octanol–water partition coefficient (Wildman–Crippen LogP) is 5.15. The van der Waals surface area contributed by atoms with Crippen LogP contribution in [0.3, 0.4) is 0 Å². The highest BCUT2D eigenvalue weighted by Gasteiger charge is 2.32. The summed E-state index contributed by atoms with van der Waals surface area (Å²) in [6.45, 7) is 3.63. The Balaban J connectivity index is 1.41. The first-order valence-corrected chi connectivity index (χ1v) is 10.8. The van der Waals surface area contributed by atoms with Crippen molar-refractivity contribution < 1.29 is 18.0 Å². The van der Waals surface area contributed by atoms with Crippen molar-refractivity contribution >= 4 is 34.7 Å². The SMILES string of the molecule is Cc1ccc(-c2nc(C(=O)N3CCN(c4ncc(C(F)(F)F)cc4Cl)CC3)cs2)cc1. The van der Waals surface area contributed by atoms with Crippen LogP contribution in [0.2, 0.25) is 5.02 Å². The quantitative estimate of drug-likeness (QED) is 0.535. The summed E-state index contributed by atoms with van der Waals surface area (Å²) in [4.78, 5) is 24.7. The molecule has 2 aromatic heterocycles. The van der Waals surface area contributed by atoms with Crippen LogP contribution in [0, 0.1) is 6.92 Å². The Morgan fingerprint density at radius 3 is 2.42 bits per heavy atom. The lowest BCUT2D eigenvalue weighted by Crippen LogP contribution is -2.49. The number of halogens is 4. The molecule has 162 valence electrons. The predicted molar refractivity (Wildman–Crippen MR) is 115 cm³/mol. The van der Waals surface area contributed by atoms with Crippen molar-refractivity contribution in [3.63, 3.8) is 0 Å². The molecule has 5 nitrogen and oxygen atoms in total. The number of rotatable bonds is 3. The average Bonchev–Trinajstić information content (AvgIpc) is 3.23. The van der Waals surface area contributed by atoms with Gasteiger partial charge in [-0.3, -0.25) is 4.79 Å². The van der Waals surface area contributed by atoms with E-state index in [1.54, 1.807) is 15.2 Å². The highest BCUT2D eigenvalue weighted by atomic mass is 35.5. The van der Waals surface area contributed by atoms with Gasteiger partial charge in [0.1, 0.15) is 16.5 Å². The molecule has 0 saturated carbocycles. The van der Waals surface area contributed by atoms with Crippen molar-refractivity contribution in [1.29, 1.82) is 0 Å². The molecule has 0 aliphatic carbocycles. The van der Waals surface area contributed by atoms with E-state index in [0.29, 0.717) is 31.9 Å². The van der Waals surface area contributed by atoms with Crippen molar-refractivity contribution in [2.24, 2.45) is 0 Å². The van der Waals surface area contributed by atoms with Gasteiger partial charge < -0.3 is 9.80 Å². The number of aryl methyl sites for hydroxylation is 1. The Morgan fingerprint density at radius 1 is 1.13 bits per heavy atom. The highest BCUT2D eigenvalue weighted by molar-refractivity contribution is 7.13. The van der Waals surface area contributed by atoms with E-state index in [-0.39, 0.29) is 16.7 Å². The molecule has 0 spiro atoms. The number of aromatic nitrogens is 2. The minimum atomic E-state index is -4.49. The summed E-state index contributed by atoms with van der Waals surface area (Å²) in [7, 11) is 0. The molecule has 10 heteroatoms. The first-order chi connectivity index (χ1) is 14.7. The number of carbonyl (C=O) groups is 1. The zero-order chi connectivity index (χ0) is 22.2. The smallest absolute Gasteiger partial charge is 0.352 e. The van der Waals surface area contributed by atoms with Crippen LogP contribution in [0.4, 0.5) is 19.0 Å². The third-order valence-electron chi connectivity index (χ3n) is 5.04. The lowest BCUT2D eigenvalue weighted by Gasteiger charge is -2.35. The van der Waals surface area contributed by atoms with Gasteiger partial charge in [-0.25, -0.2) is 9.97 Å². The van der Waals surface area contributed by atoms with Crippen LogP contribution in [0.15, 0.2) is 41.9 Å². The number of hydrogen-bond donors (Lipinski definition) is 0. The molecule has 1 amide bonds. The average molecular weight is 467 g/mol. The number of piperazine rings is 1. The number of nitrogens with zero attached hydrogens (tertiary/aromatic N) is 4. The Hall–Kier alpha value is -2.65. The van der Waals surface area contributed by atoms with Crippen LogP contribution >= 0.6 is 22.9 Å². The fourth-order valence-corrected chi connectivity index (χ4v) is 4.39. The Labute approximate surface area is 186 Å². The number of amides is 1. The van der Waals surface area contributed by atoms with E-state index in [4.69, 9.17) is 11.6 Å². The van der Waals surface area contributed by atoms with Gasteiger partial charge in [0.25, 0.3) is 5.91 Å². The number of alkyl halides is 3. The molecule has 1 aliphatic rings. The lowest BCUT2D eigenvalue weighted by atomic mass is 10.2.